The Morgan fingerprint density at radius 1 is 0.941 bits per heavy atom. The molecule has 0 amide bonds. The van der Waals surface area contributed by atoms with Gasteiger partial charge in [0.25, 0.3) is 0 Å². The largest absolute Gasteiger partial charge is 0.289 e. The van der Waals surface area contributed by atoms with Crippen molar-refractivity contribution in [3.63, 3.8) is 0 Å². The number of hydrogen-bond acceptors (Lipinski definition) is 3. The van der Waals surface area contributed by atoms with Gasteiger partial charge in [-0.2, -0.15) is 15.8 Å². The molecule has 0 atom stereocenters. The van der Waals surface area contributed by atoms with E-state index in [0.29, 0.717) is 5.39 Å². The van der Waals surface area contributed by atoms with Gasteiger partial charge in [0, 0.05) is 16.8 Å². The second kappa shape index (κ2) is 3.85. The van der Waals surface area contributed by atoms with Crippen LogP contribution in [0.2, 0.25) is 0 Å². The lowest BCUT2D eigenvalue weighted by Crippen LogP contribution is -1.90. The molecule has 0 spiro atoms. The third kappa shape index (κ3) is 1.44. The second-order valence-corrected chi connectivity index (χ2v) is 3.36. The van der Waals surface area contributed by atoms with Gasteiger partial charge < -0.3 is 0 Å². The Bertz CT molecular complexity index is 742. The fourth-order valence-corrected chi connectivity index (χ4v) is 1.74. The number of nitrogens with zero attached hydrogens (tertiary/aromatic N) is 3. The molecule has 4 heteroatoms. The van der Waals surface area contributed by atoms with E-state index in [1.165, 1.54) is 6.07 Å². The van der Waals surface area contributed by atoms with Crippen LogP contribution in [0.4, 0.5) is 0 Å². The van der Waals surface area contributed by atoms with Crippen LogP contribution in [0.5, 0.6) is 5.75 Å². The van der Waals surface area contributed by atoms with Crippen molar-refractivity contribution in [2.75, 3.05) is 0 Å². The van der Waals surface area contributed by atoms with Gasteiger partial charge in [-0.25, -0.2) is 0 Å². The number of rotatable bonds is 0. The summed E-state index contributed by atoms with van der Waals surface area (Å²) in [6, 6.07) is 11.4. The first-order valence-corrected chi connectivity index (χ1v) is 4.70. The van der Waals surface area contributed by atoms with Gasteiger partial charge in [0.05, 0.1) is 22.8 Å². The quantitative estimate of drug-likeness (QED) is 0.680. The average Bonchev–Trinajstić information content (AvgIpc) is 2.37. The molecular weight excluding hydrogens is 214 g/mol. The summed E-state index contributed by atoms with van der Waals surface area (Å²) < 4.78 is 0. The Balaban J connectivity index is 3.12. The minimum atomic E-state index is -0.354. The molecule has 77 valence electrons. The maximum Gasteiger partial charge on any atom is 0.187 e. The molecule has 0 bridgehead atoms. The molecule has 0 unspecified atom stereocenters. The molecule has 0 aliphatic heterocycles. The summed E-state index contributed by atoms with van der Waals surface area (Å²) in [7, 11) is 0. The zero-order valence-corrected chi connectivity index (χ0v) is 8.56. The Morgan fingerprint density at radius 3 is 2.24 bits per heavy atom. The molecule has 1 radical (unpaired) electrons. The van der Waals surface area contributed by atoms with Crippen molar-refractivity contribution in [1.29, 1.82) is 15.8 Å². The Kier molecular flexibility index (Phi) is 2.37. The summed E-state index contributed by atoms with van der Waals surface area (Å²) in [4.78, 5) is 0. The van der Waals surface area contributed by atoms with Gasteiger partial charge in [-0.3, -0.25) is 5.11 Å². The molecule has 0 aliphatic rings. The van der Waals surface area contributed by atoms with Crippen molar-refractivity contribution in [2.45, 2.75) is 0 Å². The highest BCUT2D eigenvalue weighted by Crippen LogP contribution is 2.32. The highest BCUT2D eigenvalue weighted by Gasteiger charge is 2.15. The normalized spacial score (nSPS) is 9.24. The van der Waals surface area contributed by atoms with Crippen molar-refractivity contribution >= 4 is 10.8 Å². The average molecular weight is 218 g/mol. The van der Waals surface area contributed by atoms with Crippen LogP contribution < -0.4 is 0 Å². The maximum atomic E-state index is 11.7. The minimum Gasteiger partial charge on any atom is -0.289 e. The molecule has 0 saturated carbocycles. The highest BCUT2D eigenvalue weighted by molar-refractivity contribution is 5.98. The lowest BCUT2D eigenvalue weighted by Gasteiger charge is -2.04. The van der Waals surface area contributed by atoms with Crippen molar-refractivity contribution in [1.82, 2.24) is 0 Å². The van der Waals surface area contributed by atoms with Crippen LogP contribution in [0.1, 0.15) is 16.7 Å². The van der Waals surface area contributed by atoms with E-state index in [2.05, 4.69) is 0 Å². The topological polar surface area (TPSA) is 91.3 Å². The molecule has 0 aliphatic carbocycles. The monoisotopic (exact) mass is 218 g/mol. The van der Waals surface area contributed by atoms with E-state index in [-0.39, 0.29) is 27.8 Å². The molecule has 0 heterocycles. The van der Waals surface area contributed by atoms with Gasteiger partial charge in [-0.05, 0) is 6.07 Å². The Hall–Kier alpha value is -3.03. The number of hydrogen-bond donors (Lipinski definition) is 0. The maximum absolute atomic E-state index is 11.7. The first kappa shape index (κ1) is 10.5. The standard InChI is InChI=1S/C13H4N3O/c14-5-8-2-1-3-10-12(17)4-9(6-15)11(7-16)13(8)10/h1-4H. The smallest absolute Gasteiger partial charge is 0.187 e. The summed E-state index contributed by atoms with van der Waals surface area (Å²) in [6.07, 6.45) is 0. The third-order valence-corrected chi connectivity index (χ3v) is 2.48. The van der Waals surface area contributed by atoms with E-state index in [1.807, 2.05) is 12.1 Å². The van der Waals surface area contributed by atoms with E-state index in [0.717, 1.165) is 6.07 Å². The zero-order valence-electron chi connectivity index (χ0n) is 8.56. The third-order valence-electron chi connectivity index (χ3n) is 2.48. The van der Waals surface area contributed by atoms with Crippen molar-refractivity contribution < 1.29 is 5.11 Å². The molecule has 17 heavy (non-hydrogen) atoms. The predicted octanol–water partition coefficient (Wildman–Crippen LogP) is 2.60. The lowest BCUT2D eigenvalue weighted by molar-refractivity contribution is 0.360. The number of nitriles is 3. The van der Waals surface area contributed by atoms with Crippen LogP contribution in [0, 0.1) is 34.0 Å². The fraction of sp³-hybridized carbons (Fsp3) is 0. The van der Waals surface area contributed by atoms with Crippen molar-refractivity contribution in [3.05, 3.63) is 41.0 Å². The van der Waals surface area contributed by atoms with Crippen molar-refractivity contribution in [3.8, 4) is 24.0 Å². The number of benzene rings is 2. The van der Waals surface area contributed by atoms with Crippen LogP contribution in [0.25, 0.3) is 10.8 Å². The van der Waals surface area contributed by atoms with Gasteiger partial charge in [-0.1, -0.05) is 12.1 Å². The SMILES string of the molecule is N#Cc1cc([O])c2cccc(C#N)c2c1C#N. The van der Waals surface area contributed by atoms with E-state index in [1.54, 1.807) is 18.2 Å². The molecule has 0 fully saturated rings. The second-order valence-electron chi connectivity index (χ2n) is 3.36. The van der Waals surface area contributed by atoms with E-state index in [4.69, 9.17) is 15.8 Å². The van der Waals surface area contributed by atoms with Gasteiger partial charge >= 0.3 is 0 Å². The van der Waals surface area contributed by atoms with E-state index >= 15 is 0 Å². The Labute approximate surface area is 97.2 Å². The van der Waals surface area contributed by atoms with Gasteiger partial charge in [0.15, 0.2) is 5.75 Å². The molecule has 2 aromatic rings. The first-order chi connectivity index (χ1) is 8.22. The van der Waals surface area contributed by atoms with Crippen molar-refractivity contribution in [2.24, 2.45) is 0 Å². The van der Waals surface area contributed by atoms with Crippen LogP contribution in [-0.2, 0) is 5.11 Å². The van der Waals surface area contributed by atoms with Crippen LogP contribution in [-0.4, -0.2) is 0 Å². The first-order valence-electron chi connectivity index (χ1n) is 4.70. The molecule has 2 aromatic carbocycles. The zero-order chi connectivity index (χ0) is 12.4. The Morgan fingerprint density at radius 2 is 1.65 bits per heavy atom. The van der Waals surface area contributed by atoms with Crippen LogP contribution in [0.15, 0.2) is 24.3 Å². The lowest BCUT2D eigenvalue weighted by atomic mass is 9.96. The summed E-state index contributed by atoms with van der Waals surface area (Å²) in [5, 5.41) is 39.2. The molecular formula is C13H4N3O. The van der Waals surface area contributed by atoms with Gasteiger partial charge in [0.2, 0.25) is 0 Å². The fourth-order valence-electron chi connectivity index (χ4n) is 1.74. The molecule has 4 nitrogen and oxygen atoms in total. The van der Waals surface area contributed by atoms with E-state index < -0.39 is 0 Å². The van der Waals surface area contributed by atoms with Crippen LogP contribution in [0.3, 0.4) is 0 Å². The van der Waals surface area contributed by atoms with E-state index in [9.17, 15) is 5.11 Å². The number of fused-ring (bicyclic) bond motifs is 1. The van der Waals surface area contributed by atoms with Gasteiger partial charge in [0.1, 0.15) is 12.1 Å². The summed E-state index contributed by atoms with van der Waals surface area (Å²) in [5.74, 6) is -0.354. The van der Waals surface area contributed by atoms with Gasteiger partial charge in [-0.15, -0.1) is 0 Å². The van der Waals surface area contributed by atoms with Crippen LogP contribution >= 0.6 is 0 Å². The molecule has 0 N–H and O–H groups in total. The molecule has 0 saturated heterocycles. The summed E-state index contributed by atoms with van der Waals surface area (Å²) >= 11 is 0. The predicted molar refractivity (Wildman–Crippen MR) is 58.2 cm³/mol. The molecule has 2 rings (SSSR count). The minimum absolute atomic E-state index is 0.00713. The summed E-state index contributed by atoms with van der Waals surface area (Å²) in [6.45, 7) is 0. The summed E-state index contributed by atoms with van der Waals surface area (Å²) in [5.41, 5.74) is 0.320. The highest BCUT2D eigenvalue weighted by atomic mass is 16.3. The molecule has 0 aromatic heterocycles.